The van der Waals surface area contributed by atoms with Crippen LogP contribution in [0.3, 0.4) is 0 Å². The molecule has 1 unspecified atom stereocenters. The predicted molar refractivity (Wildman–Crippen MR) is 81.3 cm³/mol. The number of hydrogen-bond donors (Lipinski definition) is 2. The van der Waals surface area contributed by atoms with E-state index in [1.165, 1.54) is 10.4 Å². The topological polar surface area (TPSA) is 92.5 Å². The number of benzene rings is 1. The van der Waals surface area contributed by atoms with E-state index in [0.29, 0.717) is 18.7 Å². The van der Waals surface area contributed by atoms with Crippen LogP contribution in [0.2, 0.25) is 0 Å². The molecule has 1 heterocycles. The van der Waals surface area contributed by atoms with Gasteiger partial charge in [-0.05, 0) is 43.5 Å². The van der Waals surface area contributed by atoms with Crippen molar-refractivity contribution in [3.05, 3.63) is 23.3 Å². The molecule has 7 heteroatoms. The van der Waals surface area contributed by atoms with Gasteiger partial charge in [0.1, 0.15) is 6.04 Å². The Morgan fingerprint density at radius 3 is 2.62 bits per heavy atom. The smallest absolute Gasteiger partial charge is 0.243 e. The summed E-state index contributed by atoms with van der Waals surface area (Å²) in [6, 6.07) is 2.42. The number of piperazine rings is 1. The number of carbonyl (C=O) groups is 1. The van der Waals surface area contributed by atoms with Crippen molar-refractivity contribution < 1.29 is 13.2 Å². The Labute approximate surface area is 125 Å². The van der Waals surface area contributed by atoms with Crippen LogP contribution in [-0.2, 0) is 14.8 Å². The first-order chi connectivity index (χ1) is 9.78. The van der Waals surface area contributed by atoms with Crippen LogP contribution in [0.1, 0.15) is 24.5 Å². The second-order valence-electron chi connectivity index (χ2n) is 5.29. The van der Waals surface area contributed by atoms with Gasteiger partial charge in [-0.15, -0.1) is 0 Å². The Hall–Kier alpha value is -1.60. The molecule has 1 aromatic carbocycles. The predicted octanol–water partition coefficient (Wildman–Crippen LogP) is 0.785. The van der Waals surface area contributed by atoms with Crippen LogP contribution in [0, 0.1) is 13.8 Å². The maximum atomic E-state index is 12.8. The number of sulfonamides is 1. The minimum absolute atomic E-state index is 0.149. The summed E-state index contributed by atoms with van der Waals surface area (Å²) in [7, 11) is -3.73. The van der Waals surface area contributed by atoms with Crippen molar-refractivity contribution in [3.8, 4) is 0 Å². The van der Waals surface area contributed by atoms with Gasteiger partial charge in [-0.25, -0.2) is 8.42 Å². The first kappa shape index (κ1) is 15.8. The van der Waals surface area contributed by atoms with Crippen molar-refractivity contribution in [1.29, 1.82) is 0 Å². The summed E-state index contributed by atoms with van der Waals surface area (Å²) in [5.74, 6) is -0.246. The standard InChI is InChI=1S/C14H21N3O3S/c1-4-13-14(18)16-5-6-17(13)21(19,20)11-7-9(2)10(3)12(15)8-11/h7-8,13H,4-6,15H2,1-3H3,(H,16,18). The number of nitrogens with zero attached hydrogens (tertiary/aromatic N) is 1. The molecule has 0 bridgehead atoms. The van der Waals surface area contributed by atoms with Gasteiger partial charge in [0, 0.05) is 18.8 Å². The number of hydrogen-bond acceptors (Lipinski definition) is 4. The van der Waals surface area contributed by atoms with Crippen LogP contribution in [0.5, 0.6) is 0 Å². The lowest BCUT2D eigenvalue weighted by molar-refractivity contribution is -0.126. The lowest BCUT2D eigenvalue weighted by Gasteiger charge is -2.33. The fourth-order valence-corrected chi connectivity index (χ4v) is 4.29. The number of carbonyl (C=O) groups excluding carboxylic acids is 1. The van der Waals surface area contributed by atoms with Crippen molar-refractivity contribution in [2.75, 3.05) is 18.8 Å². The minimum Gasteiger partial charge on any atom is -0.398 e. The molecule has 1 saturated heterocycles. The average molecular weight is 311 g/mol. The third-order valence-corrected chi connectivity index (χ3v) is 5.84. The highest BCUT2D eigenvalue weighted by molar-refractivity contribution is 7.89. The summed E-state index contributed by atoms with van der Waals surface area (Å²) >= 11 is 0. The van der Waals surface area contributed by atoms with Crippen molar-refractivity contribution in [2.45, 2.75) is 38.1 Å². The number of rotatable bonds is 3. The molecule has 21 heavy (non-hydrogen) atoms. The average Bonchev–Trinajstić information content (AvgIpc) is 2.43. The third-order valence-electron chi connectivity index (χ3n) is 3.96. The summed E-state index contributed by atoms with van der Waals surface area (Å²) in [5.41, 5.74) is 8.02. The van der Waals surface area contributed by atoms with Gasteiger partial charge in [0.05, 0.1) is 4.90 Å². The normalized spacial score (nSPS) is 20.3. The molecule has 0 aromatic heterocycles. The number of nitrogens with one attached hydrogen (secondary N) is 1. The summed E-state index contributed by atoms with van der Waals surface area (Å²) < 4.78 is 26.9. The van der Waals surface area contributed by atoms with Gasteiger partial charge in [0.15, 0.2) is 0 Å². The summed E-state index contributed by atoms with van der Waals surface area (Å²) in [6.45, 7) is 6.08. The number of aryl methyl sites for hydroxylation is 1. The molecule has 1 aliphatic heterocycles. The Morgan fingerprint density at radius 1 is 1.38 bits per heavy atom. The molecule has 0 saturated carbocycles. The fourth-order valence-electron chi connectivity index (χ4n) is 2.51. The SMILES string of the molecule is CCC1C(=O)NCCN1S(=O)(=O)c1cc(C)c(C)c(N)c1. The molecule has 3 N–H and O–H groups in total. The number of amides is 1. The zero-order chi connectivity index (χ0) is 15.8. The molecule has 1 atom stereocenters. The Bertz CT molecular complexity index is 647. The van der Waals surface area contributed by atoms with Crippen LogP contribution in [0.15, 0.2) is 17.0 Å². The monoisotopic (exact) mass is 311 g/mol. The lowest BCUT2D eigenvalue weighted by atomic mass is 10.1. The number of nitrogen functional groups attached to an aromatic ring is 1. The summed E-state index contributed by atoms with van der Waals surface area (Å²) in [6.07, 6.45) is 0.436. The molecule has 1 fully saturated rings. The van der Waals surface area contributed by atoms with E-state index >= 15 is 0 Å². The van der Waals surface area contributed by atoms with E-state index in [9.17, 15) is 13.2 Å². The third kappa shape index (κ3) is 2.75. The quantitative estimate of drug-likeness (QED) is 0.807. The molecule has 1 amide bonds. The van der Waals surface area contributed by atoms with E-state index in [2.05, 4.69) is 5.32 Å². The Morgan fingerprint density at radius 2 is 2.05 bits per heavy atom. The van der Waals surface area contributed by atoms with Gasteiger partial charge < -0.3 is 11.1 Å². The molecule has 1 aromatic rings. The van der Waals surface area contributed by atoms with E-state index < -0.39 is 16.1 Å². The maximum Gasteiger partial charge on any atom is 0.243 e. The van der Waals surface area contributed by atoms with E-state index in [1.54, 1.807) is 13.0 Å². The summed E-state index contributed by atoms with van der Waals surface area (Å²) in [5, 5.41) is 2.70. The highest BCUT2D eigenvalue weighted by Crippen LogP contribution is 2.26. The lowest BCUT2D eigenvalue weighted by Crippen LogP contribution is -2.56. The number of anilines is 1. The molecule has 0 aliphatic carbocycles. The highest BCUT2D eigenvalue weighted by Gasteiger charge is 2.37. The van der Waals surface area contributed by atoms with Crippen LogP contribution in [0.4, 0.5) is 5.69 Å². The van der Waals surface area contributed by atoms with Gasteiger partial charge in [-0.1, -0.05) is 6.92 Å². The molecular formula is C14H21N3O3S. The molecule has 2 rings (SSSR count). The van der Waals surface area contributed by atoms with Gasteiger partial charge in [-0.2, -0.15) is 4.31 Å². The van der Waals surface area contributed by atoms with Crippen LogP contribution < -0.4 is 11.1 Å². The van der Waals surface area contributed by atoms with Crippen molar-refractivity contribution in [1.82, 2.24) is 9.62 Å². The molecule has 1 aliphatic rings. The van der Waals surface area contributed by atoms with Gasteiger partial charge >= 0.3 is 0 Å². The van der Waals surface area contributed by atoms with Crippen molar-refractivity contribution in [3.63, 3.8) is 0 Å². The van der Waals surface area contributed by atoms with Crippen LogP contribution in [0.25, 0.3) is 0 Å². The highest BCUT2D eigenvalue weighted by atomic mass is 32.2. The first-order valence-corrected chi connectivity index (χ1v) is 8.39. The molecule has 0 spiro atoms. The van der Waals surface area contributed by atoms with E-state index in [-0.39, 0.29) is 17.3 Å². The molecular weight excluding hydrogens is 290 g/mol. The fraction of sp³-hybridized carbons (Fsp3) is 0.500. The van der Waals surface area contributed by atoms with E-state index in [1.807, 2.05) is 13.8 Å². The van der Waals surface area contributed by atoms with E-state index in [0.717, 1.165) is 11.1 Å². The second-order valence-corrected chi connectivity index (χ2v) is 7.18. The molecule has 116 valence electrons. The van der Waals surface area contributed by atoms with Gasteiger partial charge in [0.2, 0.25) is 15.9 Å². The molecule has 0 radical (unpaired) electrons. The maximum absolute atomic E-state index is 12.8. The Kier molecular flexibility index (Phi) is 4.25. The Balaban J connectivity index is 2.48. The van der Waals surface area contributed by atoms with Crippen molar-refractivity contribution in [2.24, 2.45) is 0 Å². The van der Waals surface area contributed by atoms with Gasteiger partial charge in [0.25, 0.3) is 0 Å². The van der Waals surface area contributed by atoms with Gasteiger partial charge in [-0.3, -0.25) is 4.79 Å². The van der Waals surface area contributed by atoms with Crippen LogP contribution >= 0.6 is 0 Å². The van der Waals surface area contributed by atoms with E-state index in [4.69, 9.17) is 5.73 Å². The first-order valence-electron chi connectivity index (χ1n) is 6.95. The zero-order valence-electron chi connectivity index (χ0n) is 12.5. The molecule has 6 nitrogen and oxygen atoms in total. The van der Waals surface area contributed by atoms with Crippen molar-refractivity contribution >= 4 is 21.6 Å². The summed E-state index contributed by atoms with van der Waals surface area (Å²) in [4.78, 5) is 12.0. The largest absolute Gasteiger partial charge is 0.398 e. The second kappa shape index (κ2) is 5.65. The minimum atomic E-state index is -3.73. The van der Waals surface area contributed by atoms with Crippen LogP contribution in [-0.4, -0.2) is 37.8 Å². The number of nitrogens with two attached hydrogens (primary N) is 1. The zero-order valence-corrected chi connectivity index (χ0v) is 13.3.